The first-order valence-corrected chi connectivity index (χ1v) is 7.47. The second kappa shape index (κ2) is 6.87. The second-order valence-corrected chi connectivity index (χ2v) is 6.33. The van der Waals surface area contributed by atoms with Crippen LogP contribution in [0.15, 0.2) is 35.6 Å². The molecule has 2 aromatic rings. The molecule has 0 aliphatic rings. The molecule has 6 heteroatoms. The number of benzene rings is 1. The van der Waals surface area contributed by atoms with Crippen LogP contribution in [0.1, 0.15) is 26.3 Å². The molecule has 0 bridgehead atoms. The van der Waals surface area contributed by atoms with Gasteiger partial charge in [0.25, 0.3) is 0 Å². The molecule has 23 heavy (non-hydrogen) atoms. The highest BCUT2D eigenvalue weighted by Crippen LogP contribution is 2.26. The van der Waals surface area contributed by atoms with Gasteiger partial charge in [-0.2, -0.15) is 0 Å². The van der Waals surface area contributed by atoms with Gasteiger partial charge in [-0.05, 0) is 45.0 Å². The van der Waals surface area contributed by atoms with E-state index < -0.39 is 11.7 Å². The SMILES string of the molecule is CO/N=C/C=C\c1cn(C(=O)OC(C)(C)C)c2ccc(Cl)cc12. The molecule has 0 atom stereocenters. The number of hydrogen-bond donors (Lipinski definition) is 0. The van der Waals surface area contributed by atoms with Crippen LogP contribution in [0.3, 0.4) is 0 Å². The van der Waals surface area contributed by atoms with Crippen LogP contribution in [-0.2, 0) is 9.57 Å². The number of nitrogens with zero attached hydrogens (tertiary/aromatic N) is 2. The third-order valence-corrected chi connectivity index (χ3v) is 3.15. The van der Waals surface area contributed by atoms with Crippen molar-refractivity contribution in [2.24, 2.45) is 5.16 Å². The maximum absolute atomic E-state index is 12.4. The number of hydrogen-bond acceptors (Lipinski definition) is 4. The number of allylic oxidation sites excluding steroid dienone is 1. The van der Waals surface area contributed by atoms with Crippen molar-refractivity contribution in [3.05, 3.63) is 41.1 Å². The van der Waals surface area contributed by atoms with Gasteiger partial charge in [-0.15, -0.1) is 0 Å². The summed E-state index contributed by atoms with van der Waals surface area (Å²) in [5.74, 6) is 0. The van der Waals surface area contributed by atoms with Crippen LogP contribution in [0.5, 0.6) is 0 Å². The molecular weight excluding hydrogens is 316 g/mol. The van der Waals surface area contributed by atoms with E-state index in [1.54, 1.807) is 24.4 Å². The Morgan fingerprint density at radius 1 is 1.35 bits per heavy atom. The van der Waals surface area contributed by atoms with Gasteiger partial charge in [0, 0.05) is 22.2 Å². The van der Waals surface area contributed by atoms with E-state index in [4.69, 9.17) is 16.3 Å². The predicted molar refractivity (Wildman–Crippen MR) is 93.1 cm³/mol. The molecule has 0 spiro atoms. The lowest BCUT2D eigenvalue weighted by atomic mass is 10.1. The van der Waals surface area contributed by atoms with E-state index in [0.29, 0.717) is 5.02 Å². The predicted octanol–water partition coefficient (Wildman–Crippen LogP) is 4.72. The van der Waals surface area contributed by atoms with Crippen molar-refractivity contribution in [3.63, 3.8) is 0 Å². The van der Waals surface area contributed by atoms with Crippen molar-refractivity contribution in [2.45, 2.75) is 26.4 Å². The minimum atomic E-state index is -0.568. The second-order valence-electron chi connectivity index (χ2n) is 5.89. The number of fused-ring (bicyclic) bond motifs is 1. The average molecular weight is 335 g/mol. The Balaban J connectivity index is 2.48. The quantitative estimate of drug-likeness (QED) is 0.602. The van der Waals surface area contributed by atoms with Gasteiger partial charge in [0.15, 0.2) is 0 Å². The molecule has 1 aromatic heterocycles. The van der Waals surface area contributed by atoms with Gasteiger partial charge in [-0.3, -0.25) is 4.57 Å². The molecule has 0 N–H and O–H groups in total. The Morgan fingerprint density at radius 2 is 2.09 bits per heavy atom. The van der Waals surface area contributed by atoms with Crippen molar-refractivity contribution in [3.8, 4) is 0 Å². The first kappa shape index (κ1) is 17.1. The van der Waals surface area contributed by atoms with Gasteiger partial charge >= 0.3 is 6.09 Å². The van der Waals surface area contributed by atoms with Gasteiger partial charge in [0.05, 0.1) is 11.7 Å². The third kappa shape index (κ3) is 4.36. The number of aromatic nitrogens is 1. The molecule has 0 radical (unpaired) electrons. The Labute approximate surface area is 140 Å². The number of ether oxygens (including phenoxy) is 1. The smallest absolute Gasteiger partial charge is 0.419 e. The van der Waals surface area contributed by atoms with E-state index >= 15 is 0 Å². The normalized spacial score (nSPS) is 12.4. The lowest BCUT2D eigenvalue weighted by Crippen LogP contribution is -2.26. The summed E-state index contributed by atoms with van der Waals surface area (Å²) in [6.45, 7) is 5.49. The molecule has 122 valence electrons. The van der Waals surface area contributed by atoms with Crippen molar-refractivity contribution in [2.75, 3.05) is 7.11 Å². The van der Waals surface area contributed by atoms with Crippen molar-refractivity contribution < 1.29 is 14.4 Å². The van der Waals surface area contributed by atoms with Gasteiger partial charge < -0.3 is 9.57 Å². The summed E-state index contributed by atoms with van der Waals surface area (Å²) < 4.78 is 6.92. The molecule has 1 aromatic carbocycles. The first-order chi connectivity index (χ1) is 10.8. The minimum Gasteiger partial charge on any atom is -0.443 e. The molecule has 0 saturated carbocycles. The van der Waals surface area contributed by atoms with Gasteiger partial charge in [0.1, 0.15) is 12.7 Å². The summed E-state index contributed by atoms with van der Waals surface area (Å²) in [7, 11) is 1.47. The highest BCUT2D eigenvalue weighted by molar-refractivity contribution is 6.31. The molecule has 1 heterocycles. The summed E-state index contributed by atoms with van der Waals surface area (Å²) in [4.78, 5) is 17.0. The Bertz CT molecular complexity index is 770. The van der Waals surface area contributed by atoms with Crippen molar-refractivity contribution in [1.29, 1.82) is 0 Å². The van der Waals surface area contributed by atoms with Crippen molar-refractivity contribution >= 4 is 40.9 Å². The number of carbonyl (C=O) groups excluding carboxylic acids is 1. The third-order valence-electron chi connectivity index (χ3n) is 2.92. The number of carbonyl (C=O) groups is 1. The fraction of sp³-hybridized carbons (Fsp3) is 0.294. The molecule has 5 nitrogen and oxygen atoms in total. The molecule has 0 aliphatic carbocycles. The van der Waals surface area contributed by atoms with Gasteiger partial charge in [-0.25, -0.2) is 4.79 Å². The lowest BCUT2D eigenvalue weighted by molar-refractivity contribution is 0.0544. The molecule has 0 fully saturated rings. The van der Waals surface area contributed by atoms with Crippen LogP contribution in [-0.4, -0.2) is 29.6 Å². The maximum Gasteiger partial charge on any atom is 0.419 e. The van der Waals surface area contributed by atoms with E-state index in [9.17, 15) is 4.79 Å². The largest absolute Gasteiger partial charge is 0.443 e. The molecular formula is C17H19ClN2O3. The Hall–Kier alpha value is -2.27. The van der Waals surface area contributed by atoms with E-state index in [-0.39, 0.29) is 0 Å². The fourth-order valence-corrected chi connectivity index (χ4v) is 2.24. The summed E-state index contributed by atoms with van der Waals surface area (Å²) in [6.07, 6.45) is 6.34. The topological polar surface area (TPSA) is 52.8 Å². The molecule has 0 aliphatic heterocycles. The van der Waals surface area contributed by atoms with Crippen molar-refractivity contribution in [1.82, 2.24) is 4.57 Å². The molecule has 0 saturated heterocycles. The standard InChI is InChI=1S/C17H19ClN2O3/c1-17(2,3)23-16(21)20-11-12(6-5-9-19-22-4)14-10-13(18)7-8-15(14)20/h5-11H,1-4H3/b6-5-,19-9+. The van der Waals surface area contributed by atoms with Gasteiger partial charge in [-0.1, -0.05) is 22.8 Å². The Morgan fingerprint density at radius 3 is 2.74 bits per heavy atom. The average Bonchev–Trinajstić information content (AvgIpc) is 2.80. The molecule has 0 unspecified atom stereocenters. The highest BCUT2D eigenvalue weighted by atomic mass is 35.5. The summed E-state index contributed by atoms with van der Waals surface area (Å²) in [5, 5.41) is 5.09. The van der Waals surface area contributed by atoms with E-state index in [1.165, 1.54) is 17.9 Å². The number of oxime groups is 1. The van der Waals surface area contributed by atoms with E-state index in [0.717, 1.165) is 16.5 Å². The zero-order valence-corrected chi connectivity index (χ0v) is 14.3. The lowest BCUT2D eigenvalue weighted by Gasteiger charge is -2.19. The zero-order valence-electron chi connectivity index (χ0n) is 13.5. The minimum absolute atomic E-state index is 0.435. The Kier molecular flexibility index (Phi) is 5.11. The van der Waals surface area contributed by atoms with E-state index in [1.807, 2.05) is 32.9 Å². The summed E-state index contributed by atoms with van der Waals surface area (Å²) >= 11 is 6.07. The maximum atomic E-state index is 12.4. The first-order valence-electron chi connectivity index (χ1n) is 7.09. The zero-order chi connectivity index (χ0) is 17.0. The highest BCUT2D eigenvalue weighted by Gasteiger charge is 2.20. The number of halogens is 1. The van der Waals surface area contributed by atoms with Gasteiger partial charge in [0.2, 0.25) is 0 Å². The monoisotopic (exact) mass is 334 g/mol. The van der Waals surface area contributed by atoms with Crippen LogP contribution >= 0.6 is 11.6 Å². The van der Waals surface area contributed by atoms with Crippen LogP contribution < -0.4 is 0 Å². The summed E-state index contributed by atoms with van der Waals surface area (Å²) in [5.41, 5.74) is 0.990. The number of rotatable bonds is 3. The molecule has 0 amide bonds. The fourth-order valence-electron chi connectivity index (χ4n) is 2.07. The van der Waals surface area contributed by atoms with Crippen LogP contribution in [0, 0.1) is 0 Å². The van der Waals surface area contributed by atoms with Crippen LogP contribution in [0.2, 0.25) is 5.02 Å². The van der Waals surface area contributed by atoms with Crippen LogP contribution in [0.4, 0.5) is 4.79 Å². The van der Waals surface area contributed by atoms with E-state index in [2.05, 4.69) is 9.99 Å². The van der Waals surface area contributed by atoms with Crippen LogP contribution in [0.25, 0.3) is 17.0 Å². The molecule has 2 rings (SSSR count). The summed E-state index contributed by atoms with van der Waals surface area (Å²) in [6, 6.07) is 5.34.